The maximum Gasteiger partial charge on any atom is 0.255 e. The number of nitrogens with zero attached hydrogens (tertiary/aromatic N) is 1. The summed E-state index contributed by atoms with van der Waals surface area (Å²) < 4.78 is 65.2. The van der Waals surface area contributed by atoms with Crippen LogP contribution in [0.25, 0.3) is 0 Å². The molecule has 3 aromatic carbocycles. The van der Waals surface area contributed by atoms with E-state index in [4.69, 9.17) is 9.47 Å². The maximum absolute atomic E-state index is 13.6. The first-order valence-electron chi connectivity index (χ1n) is 10.1. The number of ether oxygens (including phenoxy) is 2. The topological polar surface area (TPSA) is 84.9 Å². The van der Waals surface area contributed by atoms with Gasteiger partial charge in [0.05, 0.1) is 23.8 Å². The minimum Gasteiger partial charge on any atom is -0.455 e. The van der Waals surface area contributed by atoms with Crippen molar-refractivity contribution in [2.75, 3.05) is 31.6 Å². The van der Waals surface area contributed by atoms with Crippen LogP contribution in [0.4, 0.5) is 14.5 Å². The van der Waals surface area contributed by atoms with Crippen molar-refractivity contribution in [2.24, 2.45) is 0 Å². The standard InChI is InChI=1S/C23H20F2N2O5S/c24-17-4-6-19(7-5-17)32-22-9-8-20(33(29,30)27-10-12-31-13-11-27)15-21(22)26-23(28)16-2-1-3-18(25)14-16/h1-9,14-15H,10-13H2,(H,26,28). The normalized spacial score (nSPS) is 14.6. The number of hydrogen-bond acceptors (Lipinski definition) is 5. The number of amides is 1. The number of benzene rings is 3. The molecule has 0 spiro atoms. The Balaban J connectivity index is 1.69. The van der Waals surface area contributed by atoms with E-state index in [1.165, 1.54) is 65.0 Å². The highest BCUT2D eigenvalue weighted by Crippen LogP contribution is 2.33. The first kappa shape index (κ1) is 22.8. The van der Waals surface area contributed by atoms with E-state index in [1.807, 2.05) is 0 Å². The molecule has 0 unspecified atom stereocenters. The van der Waals surface area contributed by atoms with Gasteiger partial charge >= 0.3 is 0 Å². The second kappa shape index (κ2) is 9.65. The molecule has 0 atom stereocenters. The minimum absolute atomic E-state index is 0.0455. The number of hydrogen-bond donors (Lipinski definition) is 1. The van der Waals surface area contributed by atoms with Crippen LogP contribution < -0.4 is 10.1 Å². The quantitative estimate of drug-likeness (QED) is 0.583. The third-order valence-corrected chi connectivity index (χ3v) is 6.83. The number of carbonyl (C=O) groups excluding carboxylic acids is 1. The fourth-order valence-corrected chi connectivity index (χ4v) is 4.68. The van der Waals surface area contributed by atoms with Gasteiger partial charge in [-0.2, -0.15) is 4.31 Å². The Kier molecular flexibility index (Phi) is 6.68. The third-order valence-electron chi connectivity index (χ3n) is 4.94. The zero-order chi connectivity index (χ0) is 23.4. The fraction of sp³-hybridized carbons (Fsp3) is 0.174. The van der Waals surface area contributed by atoms with Crippen molar-refractivity contribution in [1.82, 2.24) is 4.31 Å². The Bertz CT molecular complexity index is 1260. The molecule has 0 aliphatic carbocycles. The predicted molar refractivity (Wildman–Crippen MR) is 117 cm³/mol. The zero-order valence-electron chi connectivity index (χ0n) is 17.3. The summed E-state index contributed by atoms with van der Waals surface area (Å²) in [5.74, 6) is -1.28. The molecule has 0 bridgehead atoms. The predicted octanol–water partition coefficient (Wildman–Crippen LogP) is 4.03. The van der Waals surface area contributed by atoms with Crippen LogP contribution in [0.5, 0.6) is 11.5 Å². The smallest absolute Gasteiger partial charge is 0.255 e. The van der Waals surface area contributed by atoms with Crippen LogP contribution in [0.1, 0.15) is 10.4 Å². The van der Waals surface area contributed by atoms with Crippen molar-refractivity contribution in [3.05, 3.63) is 83.9 Å². The number of anilines is 1. The zero-order valence-corrected chi connectivity index (χ0v) is 18.1. The van der Waals surface area contributed by atoms with E-state index in [9.17, 15) is 22.0 Å². The molecule has 0 radical (unpaired) electrons. The number of sulfonamides is 1. The third kappa shape index (κ3) is 5.36. The van der Waals surface area contributed by atoms with Crippen molar-refractivity contribution in [3.8, 4) is 11.5 Å². The lowest BCUT2D eigenvalue weighted by Gasteiger charge is -2.26. The summed E-state index contributed by atoms with van der Waals surface area (Å²) in [5.41, 5.74) is 0.104. The number of nitrogens with one attached hydrogen (secondary N) is 1. The molecular formula is C23H20F2N2O5S. The summed E-state index contributed by atoms with van der Waals surface area (Å²) in [7, 11) is -3.85. The average Bonchev–Trinajstić information content (AvgIpc) is 2.82. The van der Waals surface area contributed by atoms with Crippen LogP contribution in [0, 0.1) is 11.6 Å². The van der Waals surface area contributed by atoms with Crippen LogP contribution in [0.3, 0.4) is 0 Å². The minimum atomic E-state index is -3.85. The Labute approximate surface area is 189 Å². The molecule has 33 heavy (non-hydrogen) atoms. The first-order valence-corrected chi connectivity index (χ1v) is 11.5. The highest BCUT2D eigenvalue weighted by atomic mass is 32.2. The summed E-state index contributed by atoms with van der Waals surface area (Å²) in [6.45, 7) is 0.991. The van der Waals surface area contributed by atoms with Crippen LogP contribution >= 0.6 is 0 Å². The summed E-state index contributed by atoms with van der Waals surface area (Å²) in [6, 6.07) is 14.3. The monoisotopic (exact) mass is 474 g/mol. The SMILES string of the molecule is O=C(Nc1cc(S(=O)(=O)N2CCOCC2)ccc1Oc1ccc(F)cc1)c1cccc(F)c1. The van der Waals surface area contributed by atoms with Crippen molar-refractivity contribution in [3.63, 3.8) is 0 Å². The first-order chi connectivity index (χ1) is 15.8. The largest absolute Gasteiger partial charge is 0.455 e. The lowest BCUT2D eigenvalue weighted by molar-refractivity contribution is 0.0730. The van der Waals surface area contributed by atoms with Gasteiger partial charge in [-0.3, -0.25) is 4.79 Å². The summed E-state index contributed by atoms with van der Waals surface area (Å²) in [6.07, 6.45) is 0. The average molecular weight is 474 g/mol. The van der Waals surface area contributed by atoms with E-state index in [0.29, 0.717) is 0 Å². The second-order valence-electron chi connectivity index (χ2n) is 7.19. The molecule has 1 N–H and O–H groups in total. The van der Waals surface area contributed by atoms with Crippen molar-refractivity contribution < 1.29 is 31.5 Å². The van der Waals surface area contributed by atoms with Gasteiger partial charge in [0.25, 0.3) is 5.91 Å². The molecule has 0 aromatic heterocycles. The van der Waals surface area contributed by atoms with Gasteiger partial charge in [-0.15, -0.1) is 0 Å². The van der Waals surface area contributed by atoms with Crippen LogP contribution in [-0.2, 0) is 14.8 Å². The number of halogens is 2. The molecule has 7 nitrogen and oxygen atoms in total. The van der Waals surface area contributed by atoms with Gasteiger partial charge in [0.1, 0.15) is 17.4 Å². The molecule has 1 aliphatic heterocycles. The molecule has 172 valence electrons. The van der Waals surface area contributed by atoms with Gasteiger partial charge in [-0.25, -0.2) is 17.2 Å². The van der Waals surface area contributed by atoms with E-state index in [0.717, 1.165) is 6.07 Å². The summed E-state index contributed by atoms with van der Waals surface area (Å²) in [5, 5.41) is 2.59. The molecule has 3 aromatic rings. The van der Waals surface area contributed by atoms with E-state index in [-0.39, 0.29) is 53.9 Å². The molecule has 1 saturated heterocycles. The van der Waals surface area contributed by atoms with E-state index in [2.05, 4.69) is 5.32 Å². The summed E-state index contributed by atoms with van der Waals surface area (Å²) >= 11 is 0. The van der Waals surface area contributed by atoms with Gasteiger partial charge in [0, 0.05) is 18.7 Å². The molecule has 4 rings (SSSR count). The molecule has 0 saturated carbocycles. The Hall–Kier alpha value is -3.34. The van der Waals surface area contributed by atoms with Gasteiger partial charge in [-0.05, 0) is 60.7 Å². The molecular weight excluding hydrogens is 454 g/mol. The van der Waals surface area contributed by atoms with Gasteiger partial charge < -0.3 is 14.8 Å². The second-order valence-corrected chi connectivity index (χ2v) is 9.13. The molecule has 1 heterocycles. The van der Waals surface area contributed by atoms with Crippen molar-refractivity contribution in [1.29, 1.82) is 0 Å². The molecule has 1 amide bonds. The number of carbonyl (C=O) groups is 1. The van der Waals surface area contributed by atoms with Crippen molar-refractivity contribution in [2.45, 2.75) is 4.90 Å². The maximum atomic E-state index is 13.6. The number of rotatable bonds is 6. The van der Waals surface area contributed by atoms with Crippen LogP contribution in [0.2, 0.25) is 0 Å². The van der Waals surface area contributed by atoms with E-state index in [1.54, 1.807) is 0 Å². The molecule has 1 aliphatic rings. The van der Waals surface area contributed by atoms with Crippen LogP contribution in [-0.4, -0.2) is 44.9 Å². The molecule has 10 heteroatoms. The summed E-state index contributed by atoms with van der Waals surface area (Å²) in [4.78, 5) is 12.7. The van der Waals surface area contributed by atoms with Gasteiger partial charge in [-0.1, -0.05) is 6.07 Å². The van der Waals surface area contributed by atoms with Crippen molar-refractivity contribution >= 4 is 21.6 Å². The van der Waals surface area contributed by atoms with Gasteiger partial charge in [0.2, 0.25) is 10.0 Å². The highest BCUT2D eigenvalue weighted by Gasteiger charge is 2.27. The fourth-order valence-electron chi connectivity index (χ4n) is 3.25. The lowest BCUT2D eigenvalue weighted by atomic mass is 10.2. The van der Waals surface area contributed by atoms with Gasteiger partial charge in [0.15, 0.2) is 5.75 Å². The highest BCUT2D eigenvalue weighted by molar-refractivity contribution is 7.89. The number of morpholine rings is 1. The lowest BCUT2D eigenvalue weighted by Crippen LogP contribution is -2.40. The van der Waals surface area contributed by atoms with E-state index < -0.39 is 27.6 Å². The van der Waals surface area contributed by atoms with E-state index >= 15 is 0 Å². The van der Waals surface area contributed by atoms with Crippen LogP contribution in [0.15, 0.2) is 71.6 Å². The Morgan fingerprint density at radius 3 is 2.36 bits per heavy atom. The molecule has 1 fully saturated rings. The Morgan fingerprint density at radius 1 is 0.939 bits per heavy atom. The Morgan fingerprint density at radius 2 is 1.67 bits per heavy atom.